The number of carboxylic acids is 1. The number of carbonyl (C=O) groups is 1. The summed E-state index contributed by atoms with van der Waals surface area (Å²) in [6.07, 6.45) is 1.03. The van der Waals surface area contributed by atoms with Gasteiger partial charge in [0.05, 0.1) is 0 Å². The second kappa shape index (κ2) is 3.18. The molecule has 0 radical (unpaired) electrons. The highest BCUT2D eigenvalue weighted by atomic mass is 28.3. The Bertz CT molecular complexity index is 188. The highest BCUT2D eigenvalue weighted by Gasteiger charge is 2.40. The molecule has 1 aliphatic heterocycles. The fourth-order valence-corrected chi connectivity index (χ4v) is 4.17. The second-order valence-electron chi connectivity index (χ2n) is 4.53. The number of nitrogens with one attached hydrogen (secondary N) is 1. The molecule has 2 unspecified atom stereocenters. The minimum atomic E-state index is -1.29. The van der Waals surface area contributed by atoms with Crippen molar-refractivity contribution in [3.05, 3.63) is 0 Å². The van der Waals surface area contributed by atoms with Gasteiger partial charge in [-0.25, -0.2) is 0 Å². The van der Waals surface area contributed by atoms with Crippen LogP contribution in [0, 0.1) is 0 Å². The smallest absolute Gasteiger partial charge is 0.320 e. The van der Waals surface area contributed by atoms with Gasteiger partial charge in [0.25, 0.3) is 0 Å². The van der Waals surface area contributed by atoms with E-state index >= 15 is 0 Å². The molecule has 1 saturated heterocycles. The monoisotopic (exact) mass is 187 g/mol. The van der Waals surface area contributed by atoms with Gasteiger partial charge in [-0.15, -0.1) is 0 Å². The van der Waals surface area contributed by atoms with Crippen LogP contribution in [0.4, 0.5) is 0 Å². The number of hydrogen-bond donors (Lipinski definition) is 2. The Balaban J connectivity index is 2.71. The minimum Gasteiger partial charge on any atom is -0.480 e. The number of rotatable bonds is 2. The van der Waals surface area contributed by atoms with Crippen molar-refractivity contribution in [1.82, 2.24) is 5.32 Å². The summed E-state index contributed by atoms with van der Waals surface area (Å²) in [6, 6.07) is -0.281. The zero-order chi connectivity index (χ0) is 9.35. The lowest BCUT2D eigenvalue weighted by Gasteiger charge is -2.27. The van der Waals surface area contributed by atoms with Crippen LogP contribution in [0.25, 0.3) is 0 Å². The fourth-order valence-electron chi connectivity index (χ4n) is 1.90. The van der Waals surface area contributed by atoms with E-state index in [1.54, 1.807) is 0 Å². The minimum absolute atomic E-state index is 0.281. The van der Waals surface area contributed by atoms with Crippen LogP contribution in [-0.4, -0.2) is 31.7 Å². The first kappa shape index (κ1) is 9.73. The molecule has 2 N–H and O–H groups in total. The molecule has 0 aliphatic carbocycles. The van der Waals surface area contributed by atoms with Crippen LogP contribution in [0.5, 0.6) is 0 Å². The molecule has 1 fully saturated rings. The number of aliphatic carboxylic acids is 1. The molecule has 2 atom stereocenters. The van der Waals surface area contributed by atoms with Crippen LogP contribution in [0.2, 0.25) is 25.2 Å². The van der Waals surface area contributed by atoms with Gasteiger partial charge in [0, 0.05) is 8.07 Å². The molecule has 4 heteroatoms. The van der Waals surface area contributed by atoms with Crippen molar-refractivity contribution >= 4 is 14.0 Å². The van der Waals surface area contributed by atoms with Gasteiger partial charge in [-0.3, -0.25) is 4.79 Å². The lowest BCUT2D eigenvalue weighted by Crippen LogP contribution is -2.42. The van der Waals surface area contributed by atoms with Gasteiger partial charge in [0.15, 0.2) is 0 Å². The topological polar surface area (TPSA) is 49.3 Å². The maximum atomic E-state index is 10.8. The Morgan fingerprint density at radius 3 is 2.42 bits per heavy atom. The normalized spacial score (nSPS) is 30.6. The van der Waals surface area contributed by atoms with Crippen LogP contribution >= 0.6 is 0 Å². The first-order valence-corrected chi connectivity index (χ1v) is 7.97. The van der Waals surface area contributed by atoms with E-state index in [1.165, 1.54) is 0 Å². The predicted molar refractivity (Wildman–Crippen MR) is 51.1 cm³/mol. The Morgan fingerprint density at radius 1 is 1.50 bits per heavy atom. The molecule has 0 bridgehead atoms. The number of carboxylic acid groups (broad SMARTS) is 1. The quantitative estimate of drug-likeness (QED) is 0.637. The van der Waals surface area contributed by atoms with E-state index in [-0.39, 0.29) is 6.04 Å². The third-order valence-electron chi connectivity index (χ3n) is 2.60. The summed E-state index contributed by atoms with van der Waals surface area (Å²) < 4.78 is 0. The van der Waals surface area contributed by atoms with Crippen molar-refractivity contribution in [3.8, 4) is 0 Å². The van der Waals surface area contributed by atoms with Gasteiger partial charge < -0.3 is 10.4 Å². The Labute approximate surface area is 74.2 Å². The molecule has 0 saturated carbocycles. The zero-order valence-corrected chi connectivity index (χ0v) is 8.92. The molecular weight excluding hydrogens is 170 g/mol. The highest BCUT2D eigenvalue weighted by Crippen LogP contribution is 2.32. The fraction of sp³-hybridized carbons (Fsp3) is 0.875. The standard InChI is InChI=1S/C8H17NO2Si/c1-12(2,3)6-4-5-9-7(6)8(10)11/h6-7,9H,4-5H2,1-3H3,(H,10,11). The van der Waals surface area contributed by atoms with Crippen molar-refractivity contribution in [2.45, 2.75) is 37.6 Å². The highest BCUT2D eigenvalue weighted by molar-refractivity contribution is 6.78. The first-order valence-electron chi connectivity index (χ1n) is 4.39. The van der Waals surface area contributed by atoms with E-state index in [4.69, 9.17) is 5.11 Å². The zero-order valence-electron chi connectivity index (χ0n) is 7.92. The van der Waals surface area contributed by atoms with Crippen molar-refractivity contribution in [2.75, 3.05) is 6.54 Å². The summed E-state index contributed by atoms with van der Waals surface area (Å²) in [6.45, 7) is 7.58. The number of hydrogen-bond acceptors (Lipinski definition) is 2. The molecule has 1 heterocycles. The molecule has 0 aromatic rings. The van der Waals surface area contributed by atoms with Crippen molar-refractivity contribution in [2.24, 2.45) is 0 Å². The maximum absolute atomic E-state index is 10.8. The Hall–Kier alpha value is -0.353. The van der Waals surface area contributed by atoms with Gasteiger partial charge in [-0.1, -0.05) is 19.6 Å². The molecule has 0 spiro atoms. The molecule has 0 aromatic heterocycles. The van der Waals surface area contributed by atoms with Gasteiger partial charge in [0.2, 0.25) is 0 Å². The summed E-state index contributed by atoms with van der Waals surface area (Å²) in [4.78, 5) is 10.8. The lowest BCUT2D eigenvalue weighted by molar-refractivity contribution is -0.139. The summed E-state index contributed by atoms with van der Waals surface area (Å²) in [5.74, 6) is -0.681. The Kier molecular flexibility index (Phi) is 2.58. The van der Waals surface area contributed by atoms with Crippen molar-refractivity contribution in [3.63, 3.8) is 0 Å². The average molecular weight is 187 g/mol. The van der Waals surface area contributed by atoms with E-state index in [1.807, 2.05) is 0 Å². The molecule has 3 nitrogen and oxygen atoms in total. The van der Waals surface area contributed by atoms with Crippen LogP contribution in [-0.2, 0) is 4.79 Å². The summed E-state index contributed by atoms with van der Waals surface area (Å²) in [5.41, 5.74) is 0.398. The third kappa shape index (κ3) is 1.87. The van der Waals surface area contributed by atoms with Crippen LogP contribution in [0.3, 0.4) is 0 Å². The lowest BCUT2D eigenvalue weighted by atomic mass is 10.2. The maximum Gasteiger partial charge on any atom is 0.320 e. The molecule has 1 aliphatic rings. The average Bonchev–Trinajstić information content (AvgIpc) is 2.30. The summed E-state index contributed by atoms with van der Waals surface area (Å²) in [7, 11) is -1.29. The van der Waals surface area contributed by atoms with Crippen molar-refractivity contribution < 1.29 is 9.90 Å². The van der Waals surface area contributed by atoms with E-state index in [0.717, 1.165) is 13.0 Å². The predicted octanol–water partition coefficient (Wildman–Crippen LogP) is 1.14. The van der Waals surface area contributed by atoms with E-state index in [0.29, 0.717) is 5.54 Å². The Morgan fingerprint density at radius 2 is 2.08 bits per heavy atom. The first-order chi connectivity index (χ1) is 5.43. The van der Waals surface area contributed by atoms with Gasteiger partial charge >= 0.3 is 5.97 Å². The summed E-state index contributed by atoms with van der Waals surface area (Å²) >= 11 is 0. The SMILES string of the molecule is C[Si](C)(C)C1CCNC1C(=O)O. The molecular formula is C8H17NO2Si. The van der Waals surface area contributed by atoms with Gasteiger partial charge in [-0.2, -0.15) is 0 Å². The molecule has 0 amide bonds. The second-order valence-corrected chi connectivity index (χ2v) is 10.0. The molecule has 70 valence electrons. The van der Waals surface area contributed by atoms with Gasteiger partial charge in [0.1, 0.15) is 6.04 Å². The van der Waals surface area contributed by atoms with Crippen molar-refractivity contribution in [1.29, 1.82) is 0 Å². The van der Waals surface area contributed by atoms with Crippen LogP contribution < -0.4 is 5.32 Å². The van der Waals surface area contributed by atoms with E-state index < -0.39 is 14.0 Å². The summed E-state index contributed by atoms with van der Waals surface area (Å²) in [5, 5.41) is 12.0. The van der Waals surface area contributed by atoms with Crippen LogP contribution in [0.15, 0.2) is 0 Å². The molecule has 0 aromatic carbocycles. The largest absolute Gasteiger partial charge is 0.480 e. The molecule has 1 rings (SSSR count). The van der Waals surface area contributed by atoms with E-state index in [9.17, 15) is 4.79 Å². The third-order valence-corrected chi connectivity index (χ3v) is 5.45. The van der Waals surface area contributed by atoms with Crippen LogP contribution in [0.1, 0.15) is 6.42 Å². The van der Waals surface area contributed by atoms with E-state index in [2.05, 4.69) is 25.0 Å². The molecule has 12 heavy (non-hydrogen) atoms. The van der Waals surface area contributed by atoms with Gasteiger partial charge in [-0.05, 0) is 18.5 Å².